The topological polar surface area (TPSA) is 95.8 Å². The van der Waals surface area contributed by atoms with Crippen LogP contribution >= 0.6 is 0 Å². The van der Waals surface area contributed by atoms with E-state index in [1.54, 1.807) is 7.05 Å². The van der Waals surface area contributed by atoms with Gasteiger partial charge in [-0.25, -0.2) is 4.79 Å². The monoisotopic (exact) mass is 416 g/mol. The molecule has 30 heavy (non-hydrogen) atoms. The zero-order valence-corrected chi connectivity index (χ0v) is 18.0. The van der Waals surface area contributed by atoms with Gasteiger partial charge in [-0.15, -0.1) is 0 Å². The van der Waals surface area contributed by atoms with E-state index in [0.717, 1.165) is 61.8 Å². The minimum Gasteiger partial charge on any atom is -0.379 e. The average molecular weight is 416 g/mol. The fourth-order valence-electron chi connectivity index (χ4n) is 4.22. The number of Topliss-reactive ketones (excluding diaryl/α,β-unsaturated/α-hetero) is 1. The Morgan fingerprint density at radius 3 is 2.43 bits per heavy atom. The van der Waals surface area contributed by atoms with Gasteiger partial charge in [-0.1, -0.05) is 0 Å². The fourth-order valence-corrected chi connectivity index (χ4v) is 4.22. The Kier molecular flexibility index (Phi) is 5.37. The third-order valence-corrected chi connectivity index (χ3v) is 5.97. The van der Waals surface area contributed by atoms with Crippen molar-refractivity contribution in [2.24, 2.45) is 7.05 Å². The maximum atomic E-state index is 13.1. The van der Waals surface area contributed by atoms with Crippen LogP contribution in [-0.2, 0) is 29.7 Å². The van der Waals surface area contributed by atoms with Crippen LogP contribution < -0.4 is 11.2 Å². The van der Waals surface area contributed by atoms with Gasteiger partial charge in [0.2, 0.25) is 5.78 Å². The maximum absolute atomic E-state index is 13.1. The maximum Gasteiger partial charge on any atom is 0.332 e. The van der Waals surface area contributed by atoms with E-state index < -0.39 is 11.2 Å². The van der Waals surface area contributed by atoms with E-state index in [-0.39, 0.29) is 12.3 Å². The first-order chi connectivity index (χ1) is 14.3. The van der Waals surface area contributed by atoms with Gasteiger partial charge < -0.3 is 9.30 Å². The number of carbonyl (C=O) groups excluding carboxylic acids is 1. The van der Waals surface area contributed by atoms with Crippen molar-refractivity contribution >= 4 is 22.7 Å². The summed E-state index contributed by atoms with van der Waals surface area (Å²) in [4.78, 5) is 44.4. The number of imidazole rings is 2. The third-order valence-electron chi connectivity index (χ3n) is 5.97. The Labute approximate surface area is 173 Å². The Morgan fingerprint density at radius 2 is 1.77 bits per heavy atom. The van der Waals surface area contributed by atoms with E-state index in [0.29, 0.717) is 16.9 Å². The van der Waals surface area contributed by atoms with Gasteiger partial charge in [0, 0.05) is 44.6 Å². The molecule has 1 fully saturated rings. The molecule has 0 bridgehead atoms. The van der Waals surface area contributed by atoms with Crippen molar-refractivity contribution in [2.45, 2.75) is 40.3 Å². The molecular formula is C20H28N6O4. The summed E-state index contributed by atoms with van der Waals surface area (Å²) >= 11 is 0. The number of hydrogen-bond donors (Lipinski definition) is 0. The van der Waals surface area contributed by atoms with Gasteiger partial charge in [-0.3, -0.25) is 28.0 Å². The van der Waals surface area contributed by atoms with E-state index in [2.05, 4.69) is 14.5 Å². The Morgan fingerprint density at radius 1 is 1.07 bits per heavy atom. The van der Waals surface area contributed by atoms with Crippen molar-refractivity contribution in [1.29, 1.82) is 0 Å². The Bertz CT molecular complexity index is 1240. The Balaban J connectivity index is 1.79. The largest absolute Gasteiger partial charge is 0.379 e. The first-order valence-corrected chi connectivity index (χ1v) is 10.3. The van der Waals surface area contributed by atoms with Crippen molar-refractivity contribution in [1.82, 2.24) is 28.0 Å². The summed E-state index contributed by atoms with van der Waals surface area (Å²) in [5, 5.41) is 0. The molecule has 4 heterocycles. The molecule has 3 aromatic heterocycles. The van der Waals surface area contributed by atoms with Gasteiger partial charge >= 0.3 is 5.69 Å². The van der Waals surface area contributed by atoms with Crippen molar-refractivity contribution in [3.63, 3.8) is 0 Å². The number of ketones is 1. The van der Waals surface area contributed by atoms with Crippen LogP contribution in [0.5, 0.6) is 0 Å². The smallest absolute Gasteiger partial charge is 0.332 e. The van der Waals surface area contributed by atoms with Crippen LogP contribution in [-0.4, -0.2) is 66.6 Å². The predicted octanol–water partition coefficient (Wildman–Crippen LogP) is 0.0775. The molecule has 162 valence electrons. The molecule has 10 nitrogen and oxygen atoms in total. The number of hydrogen-bond acceptors (Lipinski definition) is 6. The molecule has 0 spiro atoms. The lowest BCUT2D eigenvalue weighted by atomic mass is 10.3. The van der Waals surface area contributed by atoms with Crippen LogP contribution in [0.2, 0.25) is 0 Å². The van der Waals surface area contributed by atoms with E-state index in [9.17, 15) is 14.4 Å². The highest BCUT2D eigenvalue weighted by molar-refractivity contribution is 5.78. The van der Waals surface area contributed by atoms with Gasteiger partial charge in [0.25, 0.3) is 5.56 Å². The van der Waals surface area contributed by atoms with Gasteiger partial charge in [0.1, 0.15) is 5.78 Å². The van der Waals surface area contributed by atoms with Gasteiger partial charge in [-0.05, 0) is 27.2 Å². The first kappa shape index (κ1) is 20.5. The standard InChI is InChI=1S/C20H28N6O4/c1-13(27)12-25-18(28)16-17(22(4)20(25)29)21-19-24(14(2)15(3)26(16)19)7-5-6-23-8-10-30-11-9-23/h5-12H2,1-4H3. The molecule has 0 saturated carbocycles. The molecule has 0 aromatic carbocycles. The number of ether oxygens (including phenoxy) is 1. The highest BCUT2D eigenvalue weighted by Gasteiger charge is 2.23. The van der Waals surface area contributed by atoms with Crippen LogP contribution in [0.3, 0.4) is 0 Å². The van der Waals surface area contributed by atoms with Crippen LogP contribution in [0.4, 0.5) is 0 Å². The molecule has 0 atom stereocenters. The summed E-state index contributed by atoms with van der Waals surface area (Å²) in [5.74, 6) is 0.401. The predicted molar refractivity (Wildman–Crippen MR) is 112 cm³/mol. The Hall–Kier alpha value is -2.72. The van der Waals surface area contributed by atoms with Gasteiger partial charge in [0.15, 0.2) is 11.2 Å². The lowest BCUT2D eigenvalue weighted by Gasteiger charge is -2.26. The average Bonchev–Trinajstić information content (AvgIpc) is 3.22. The van der Waals surface area contributed by atoms with Crippen molar-refractivity contribution in [3.8, 4) is 0 Å². The zero-order chi connectivity index (χ0) is 21.6. The number of carbonyl (C=O) groups is 1. The summed E-state index contributed by atoms with van der Waals surface area (Å²) in [5.41, 5.74) is 1.60. The summed E-state index contributed by atoms with van der Waals surface area (Å²) in [6.45, 7) is 10.3. The van der Waals surface area contributed by atoms with Crippen LogP contribution in [0.25, 0.3) is 16.9 Å². The molecule has 3 aromatic rings. The number of morpholine rings is 1. The van der Waals surface area contributed by atoms with Crippen molar-refractivity contribution in [2.75, 3.05) is 32.8 Å². The van der Waals surface area contributed by atoms with Crippen LogP contribution in [0.1, 0.15) is 24.7 Å². The quantitative estimate of drug-likeness (QED) is 0.565. The molecule has 0 unspecified atom stereocenters. The number of aryl methyl sites for hydroxylation is 3. The minimum absolute atomic E-state index is 0.243. The number of aromatic nitrogens is 5. The minimum atomic E-state index is -0.531. The number of rotatable bonds is 6. The van der Waals surface area contributed by atoms with Crippen LogP contribution in [0.15, 0.2) is 9.59 Å². The lowest BCUT2D eigenvalue weighted by Crippen LogP contribution is -2.40. The molecular weight excluding hydrogens is 388 g/mol. The molecule has 0 aliphatic carbocycles. The highest BCUT2D eigenvalue weighted by Crippen LogP contribution is 2.21. The second-order valence-corrected chi connectivity index (χ2v) is 7.98. The molecule has 10 heteroatoms. The zero-order valence-electron chi connectivity index (χ0n) is 18.0. The van der Waals surface area contributed by atoms with Gasteiger partial charge in [0.05, 0.1) is 19.8 Å². The molecule has 1 aliphatic heterocycles. The van der Waals surface area contributed by atoms with E-state index in [1.165, 1.54) is 11.5 Å². The SMILES string of the molecule is CC(=O)Cn1c(=O)c2c(nc3n(CCCN4CCOCC4)c(C)c(C)n23)n(C)c1=O. The summed E-state index contributed by atoms with van der Waals surface area (Å²) in [6.07, 6.45) is 0.946. The van der Waals surface area contributed by atoms with E-state index in [1.807, 2.05) is 18.2 Å². The second-order valence-electron chi connectivity index (χ2n) is 7.98. The van der Waals surface area contributed by atoms with Crippen molar-refractivity contribution < 1.29 is 9.53 Å². The molecule has 1 saturated heterocycles. The third kappa shape index (κ3) is 3.29. The summed E-state index contributed by atoms with van der Waals surface area (Å²) in [7, 11) is 1.58. The number of nitrogens with zero attached hydrogens (tertiary/aromatic N) is 6. The fraction of sp³-hybridized carbons (Fsp3) is 0.600. The van der Waals surface area contributed by atoms with Crippen molar-refractivity contribution in [3.05, 3.63) is 32.2 Å². The molecule has 1 aliphatic rings. The molecule has 0 N–H and O–H groups in total. The summed E-state index contributed by atoms with van der Waals surface area (Å²) in [6, 6.07) is 0. The lowest BCUT2D eigenvalue weighted by molar-refractivity contribution is -0.117. The highest BCUT2D eigenvalue weighted by atomic mass is 16.5. The molecule has 4 rings (SSSR count). The van der Waals surface area contributed by atoms with E-state index in [4.69, 9.17) is 4.74 Å². The first-order valence-electron chi connectivity index (χ1n) is 10.3. The van der Waals surface area contributed by atoms with E-state index >= 15 is 0 Å². The molecule has 0 radical (unpaired) electrons. The molecule has 0 amide bonds. The van der Waals surface area contributed by atoms with Gasteiger partial charge in [-0.2, -0.15) is 4.98 Å². The van der Waals surface area contributed by atoms with Crippen LogP contribution in [0, 0.1) is 13.8 Å². The second kappa shape index (κ2) is 7.84. The number of fused-ring (bicyclic) bond motifs is 3. The summed E-state index contributed by atoms with van der Waals surface area (Å²) < 4.78 is 11.7. The normalized spacial score (nSPS) is 15.5.